The van der Waals surface area contributed by atoms with Gasteiger partial charge >= 0.3 is 0 Å². The van der Waals surface area contributed by atoms with Gasteiger partial charge in [-0.2, -0.15) is 0 Å². The van der Waals surface area contributed by atoms with E-state index in [4.69, 9.17) is 15.2 Å². The molecule has 0 aliphatic rings. The summed E-state index contributed by atoms with van der Waals surface area (Å²) in [6.45, 7) is 5.28. The third-order valence-electron chi connectivity index (χ3n) is 2.27. The van der Waals surface area contributed by atoms with Crippen molar-refractivity contribution in [2.75, 3.05) is 19.8 Å². The summed E-state index contributed by atoms with van der Waals surface area (Å²) in [5.41, 5.74) is 6.69. The summed E-state index contributed by atoms with van der Waals surface area (Å²) in [6, 6.07) is 3.97. The van der Waals surface area contributed by atoms with E-state index in [1.165, 1.54) is 0 Å². The zero-order chi connectivity index (χ0) is 13.4. The molecule has 0 amide bonds. The van der Waals surface area contributed by atoms with E-state index in [2.05, 4.69) is 27.8 Å². The molecule has 4 heteroatoms. The van der Waals surface area contributed by atoms with E-state index in [1.54, 1.807) is 6.92 Å². The summed E-state index contributed by atoms with van der Waals surface area (Å²) in [5.74, 6) is 7.08. The highest BCUT2D eigenvalue weighted by atomic mass is 79.9. The van der Waals surface area contributed by atoms with Crippen LogP contribution in [-0.4, -0.2) is 19.8 Å². The van der Waals surface area contributed by atoms with Gasteiger partial charge in [-0.3, -0.25) is 0 Å². The third-order valence-corrected chi connectivity index (χ3v) is 2.86. The van der Waals surface area contributed by atoms with Crippen LogP contribution < -0.4 is 15.2 Å². The Balaban J connectivity index is 3.00. The second kappa shape index (κ2) is 8.02. The maximum Gasteiger partial charge on any atom is 0.176 e. The molecular formula is C14H18BrNO2. The van der Waals surface area contributed by atoms with Crippen LogP contribution in [0.1, 0.15) is 19.4 Å². The van der Waals surface area contributed by atoms with Crippen LogP contribution in [0.15, 0.2) is 16.6 Å². The van der Waals surface area contributed by atoms with Crippen molar-refractivity contribution in [1.29, 1.82) is 0 Å². The number of rotatable bonds is 6. The molecule has 3 nitrogen and oxygen atoms in total. The molecule has 1 aromatic rings. The lowest BCUT2D eigenvalue weighted by atomic mass is 10.1. The first-order chi connectivity index (χ1) is 8.72. The molecule has 0 heterocycles. The highest BCUT2D eigenvalue weighted by Gasteiger charge is 2.11. The van der Waals surface area contributed by atoms with Crippen LogP contribution in [0.25, 0.3) is 0 Å². The minimum Gasteiger partial charge on any atom is -0.490 e. The number of halogens is 1. The van der Waals surface area contributed by atoms with E-state index in [1.807, 2.05) is 19.1 Å². The van der Waals surface area contributed by atoms with Crippen LogP contribution >= 0.6 is 15.9 Å². The SMILES string of the molecule is CC#CCOc1c(Br)cc(CCN)cc1OCC. The monoisotopic (exact) mass is 311 g/mol. The van der Waals surface area contributed by atoms with E-state index in [9.17, 15) is 0 Å². The number of hydrogen-bond acceptors (Lipinski definition) is 3. The van der Waals surface area contributed by atoms with Crippen molar-refractivity contribution in [2.24, 2.45) is 5.73 Å². The molecule has 2 N–H and O–H groups in total. The lowest BCUT2D eigenvalue weighted by molar-refractivity contribution is 0.297. The molecule has 0 saturated heterocycles. The van der Waals surface area contributed by atoms with Gasteiger partial charge in [0.05, 0.1) is 11.1 Å². The predicted octanol–water partition coefficient (Wildman–Crippen LogP) is 2.75. The fraction of sp³-hybridized carbons (Fsp3) is 0.429. The van der Waals surface area contributed by atoms with Crippen LogP contribution in [0, 0.1) is 11.8 Å². The van der Waals surface area contributed by atoms with E-state index >= 15 is 0 Å². The first kappa shape index (κ1) is 14.9. The Morgan fingerprint density at radius 1 is 1.33 bits per heavy atom. The zero-order valence-electron chi connectivity index (χ0n) is 10.8. The van der Waals surface area contributed by atoms with Crippen LogP contribution in [0.5, 0.6) is 11.5 Å². The molecule has 0 bridgehead atoms. The van der Waals surface area contributed by atoms with Gasteiger partial charge in [-0.15, -0.1) is 5.92 Å². The minimum absolute atomic E-state index is 0.353. The van der Waals surface area contributed by atoms with E-state index in [-0.39, 0.29) is 0 Å². The van der Waals surface area contributed by atoms with Gasteiger partial charge < -0.3 is 15.2 Å². The standard InChI is InChI=1S/C14H18BrNO2/c1-3-5-8-18-14-12(15)9-11(6-7-16)10-13(14)17-4-2/h9-10H,4,6-8,16H2,1-2H3. The molecule has 0 aliphatic carbocycles. The van der Waals surface area contributed by atoms with Gasteiger partial charge in [0, 0.05) is 0 Å². The van der Waals surface area contributed by atoms with Crippen molar-refractivity contribution >= 4 is 15.9 Å². The predicted molar refractivity (Wildman–Crippen MR) is 77.0 cm³/mol. The largest absolute Gasteiger partial charge is 0.490 e. The van der Waals surface area contributed by atoms with Gasteiger partial charge in [0.15, 0.2) is 11.5 Å². The summed E-state index contributed by atoms with van der Waals surface area (Å²) in [6.07, 6.45) is 0.813. The van der Waals surface area contributed by atoms with E-state index < -0.39 is 0 Å². The first-order valence-corrected chi connectivity index (χ1v) is 6.69. The molecular weight excluding hydrogens is 294 g/mol. The summed E-state index contributed by atoms with van der Waals surface area (Å²) in [5, 5.41) is 0. The molecule has 0 aliphatic heterocycles. The number of benzene rings is 1. The van der Waals surface area contributed by atoms with Crippen LogP contribution in [-0.2, 0) is 6.42 Å². The Hall–Kier alpha value is -1.18. The zero-order valence-corrected chi connectivity index (χ0v) is 12.3. The van der Waals surface area contributed by atoms with Gasteiger partial charge in [-0.05, 0) is 60.4 Å². The molecule has 18 heavy (non-hydrogen) atoms. The Morgan fingerprint density at radius 2 is 2.11 bits per heavy atom. The first-order valence-electron chi connectivity index (χ1n) is 5.90. The van der Waals surface area contributed by atoms with Crippen molar-refractivity contribution in [1.82, 2.24) is 0 Å². The molecule has 0 saturated carbocycles. The second-order valence-corrected chi connectivity index (χ2v) is 4.45. The number of hydrogen-bond donors (Lipinski definition) is 1. The van der Waals surface area contributed by atoms with Gasteiger partial charge in [-0.25, -0.2) is 0 Å². The van der Waals surface area contributed by atoms with Gasteiger partial charge in [0.25, 0.3) is 0 Å². The van der Waals surface area contributed by atoms with Crippen molar-refractivity contribution in [2.45, 2.75) is 20.3 Å². The number of nitrogens with two attached hydrogens (primary N) is 1. The maximum absolute atomic E-state index is 5.62. The van der Waals surface area contributed by atoms with Gasteiger partial charge in [0.2, 0.25) is 0 Å². The van der Waals surface area contributed by atoms with Crippen molar-refractivity contribution < 1.29 is 9.47 Å². The summed E-state index contributed by atoms with van der Waals surface area (Å²) >= 11 is 3.50. The smallest absolute Gasteiger partial charge is 0.176 e. The van der Waals surface area contributed by atoms with Gasteiger partial charge in [0.1, 0.15) is 6.61 Å². The molecule has 1 rings (SSSR count). The molecule has 0 atom stereocenters. The molecule has 0 aromatic heterocycles. The fourth-order valence-corrected chi connectivity index (χ4v) is 2.12. The summed E-state index contributed by atoms with van der Waals surface area (Å²) in [7, 11) is 0. The quantitative estimate of drug-likeness (QED) is 0.822. The Morgan fingerprint density at radius 3 is 2.72 bits per heavy atom. The lowest BCUT2D eigenvalue weighted by Crippen LogP contribution is -2.05. The Kier molecular flexibility index (Phi) is 6.63. The molecule has 1 aromatic carbocycles. The van der Waals surface area contributed by atoms with Crippen LogP contribution in [0.3, 0.4) is 0 Å². The van der Waals surface area contributed by atoms with E-state index in [0.717, 1.165) is 22.2 Å². The molecule has 98 valence electrons. The average Bonchev–Trinajstić information content (AvgIpc) is 2.33. The maximum atomic E-state index is 5.62. The topological polar surface area (TPSA) is 44.5 Å². The lowest BCUT2D eigenvalue weighted by Gasteiger charge is -2.14. The molecule has 0 spiro atoms. The van der Waals surface area contributed by atoms with Crippen LogP contribution in [0.4, 0.5) is 0 Å². The second-order valence-electron chi connectivity index (χ2n) is 3.59. The van der Waals surface area contributed by atoms with Gasteiger partial charge in [-0.1, -0.05) is 5.92 Å². The van der Waals surface area contributed by atoms with Crippen molar-refractivity contribution in [3.63, 3.8) is 0 Å². The van der Waals surface area contributed by atoms with Crippen molar-refractivity contribution in [3.8, 4) is 23.3 Å². The third kappa shape index (κ3) is 4.25. The van der Waals surface area contributed by atoms with Crippen LogP contribution in [0.2, 0.25) is 0 Å². The summed E-state index contributed by atoms with van der Waals surface area (Å²) in [4.78, 5) is 0. The Bertz CT molecular complexity index is 449. The van der Waals surface area contributed by atoms with E-state index in [0.29, 0.717) is 25.5 Å². The van der Waals surface area contributed by atoms with Crippen molar-refractivity contribution in [3.05, 3.63) is 22.2 Å². The molecule has 0 fully saturated rings. The molecule has 0 unspecified atom stereocenters. The highest BCUT2D eigenvalue weighted by molar-refractivity contribution is 9.10. The molecule has 0 radical (unpaired) electrons. The average molecular weight is 312 g/mol. The number of ether oxygens (including phenoxy) is 2. The highest BCUT2D eigenvalue weighted by Crippen LogP contribution is 2.36. The fourth-order valence-electron chi connectivity index (χ4n) is 1.52. The minimum atomic E-state index is 0.353. The normalized spacial score (nSPS) is 9.56. The Labute approximate surface area is 117 Å². The summed E-state index contributed by atoms with van der Waals surface area (Å²) < 4.78 is 12.1.